The number of para-hydroxylation sites is 5. The van der Waals surface area contributed by atoms with Crippen LogP contribution >= 0.6 is 22.7 Å². The molecule has 10 aromatic heterocycles. The van der Waals surface area contributed by atoms with E-state index in [0.717, 1.165) is 101 Å². The zero-order chi connectivity index (χ0) is 59.3. The van der Waals surface area contributed by atoms with Crippen LogP contribution in [0, 0.1) is 12.1 Å². The molecule has 12 heteroatoms. The third kappa shape index (κ3) is 8.27. The van der Waals surface area contributed by atoms with Crippen molar-refractivity contribution in [2.45, 2.75) is 25.9 Å². The largest absolute Gasteiger partial charge is 0.456 e. The Labute approximate surface area is 541 Å². The van der Waals surface area contributed by atoms with Gasteiger partial charge in [-0.3, -0.25) is 9.03 Å². The van der Waals surface area contributed by atoms with Crippen LogP contribution in [-0.2, 0) is 31.3 Å². The van der Waals surface area contributed by atoms with Gasteiger partial charge in [0.2, 0.25) is 0 Å². The van der Waals surface area contributed by atoms with E-state index in [-0.39, 0.29) is 26.2 Å². The number of nitrogens with zero attached hydrogens (tertiary/aromatic N) is 6. The molecule has 0 saturated carbocycles. The molecule has 0 saturated heterocycles. The van der Waals surface area contributed by atoms with Gasteiger partial charge in [0.25, 0.3) is 0 Å². The number of methoxy groups -OCH3 is 1. The zero-order valence-corrected chi connectivity index (χ0v) is 53.1. The van der Waals surface area contributed by atoms with E-state index in [1.807, 2.05) is 62.3 Å². The molecular formula is C79H50IrN6O3S2-2. The van der Waals surface area contributed by atoms with Crippen LogP contribution in [0.3, 0.4) is 0 Å². The number of hydrogen-bond donors (Lipinski definition) is 0. The predicted molar refractivity (Wildman–Crippen MR) is 373 cm³/mol. The summed E-state index contributed by atoms with van der Waals surface area (Å²) in [6.45, 7) is 2.18. The summed E-state index contributed by atoms with van der Waals surface area (Å²) < 4.78 is 29.7. The van der Waals surface area contributed by atoms with Gasteiger partial charge in [-0.1, -0.05) is 78.4 Å². The van der Waals surface area contributed by atoms with E-state index in [2.05, 4.69) is 245 Å². The second kappa shape index (κ2) is 21.0. The van der Waals surface area contributed by atoms with Gasteiger partial charge in [0.1, 0.15) is 22.3 Å². The maximum Gasteiger partial charge on any atom is 0.135 e. The molecule has 0 aliphatic rings. The van der Waals surface area contributed by atoms with Gasteiger partial charge in [-0.25, -0.2) is 0 Å². The normalized spacial score (nSPS) is 12.5. The van der Waals surface area contributed by atoms with E-state index in [4.69, 9.17) is 13.6 Å². The van der Waals surface area contributed by atoms with Crippen LogP contribution in [0.4, 0.5) is 0 Å². The molecule has 0 aliphatic heterocycles. The first-order chi connectivity index (χ1) is 44.5. The van der Waals surface area contributed by atoms with Gasteiger partial charge < -0.3 is 22.7 Å². The number of thiophene rings is 2. The number of rotatable bonds is 8. The van der Waals surface area contributed by atoms with Crippen molar-refractivity contribution < 1.29 is 33.7 Å². The summed E-state index contributed by atoms with van der Waals surface area (Å²) in [6.07, 6.45) is 5.85. The Morgan fingerprint density at radius 3 is 1.34 bits per heavy atom. The Balaban J connectivity index is 0.000000135. The maximum atomic E-state index is 6.39. The summed E-state index contributed by atoms with van der Waals surface area (Å²) in [5.41, 5.74) is 18.5. The molecule has 91 heavy (non-hydrogen) atoms. The number of benzene rings is 10. The molecule has 0 spiro atoms. The maximum absolute atomic E-state index is 6.39. The summed E-state index contributed by atoms with van der Waals surface area (Å²) in [6, 6.07) is 87.0. The van der Waals surface area contributed by atoms with E-state index in [9.17, 15) is 0 Å². The molecule has 10 aromatic carbocycles. The number of pyridine rings is 2. The quantitative estimate of drug-likeness (QED) is 0.142. The van der Waals surface area contributed by atoms with Crippen molar-refractivity contribution in [3.05, 3.63) is 255 Å². The Morgan fingerprint density at radius 1 is 0.418 bits per heavy atom. The minimum atomic E-state index is 0. The van der Waals surface area contributed by atoms with Crippen LogP contribution in [0.1, 0.15) is 18.9 Å². The average molecular weight is 1390 g/mol. The molecule has 0 fully saturated rings. The van der Waals surface area contributed by atoms with Gasteiger partial charge in [-0.15, -0.1) is 33.4 Å². The molecule has 9 nitrogen and oxygen atoms in total. The number of hydrogen-bond acceptors (Lipinski definition) is 7. The number of furan rings is 2. The molecule has 1 radical (unpaired) electrons. The van der Waals surface area contributed by atoms with Gasteiger partial charge in [0.15, 0.2) is 0 Å². The van der Waals surface area contributed by atoms with Crippen molar-refractivity contribution in [3.63, 3.8) is 0 Å². The molecule has 20 aromatic rings. The van der Waals surface area contributed by atoms with Crippen LogP contribution in [0.15, 0.2) is 246 Å². The van der Waals surface area contributed by atoms with Crippen molar-refractivity contribution in [1.29, 1.82) is 0 Å². The Hall–Kier alpha value is -10.2. The molecule has 1 atom stereocenters. The zero-order valence-electron chi connectivity index (χ0n) is 49.1. The third-order valence-electron chi connectivity index (χ3n) is 18.4. The Kier molecular flexibility index (Phi) is 12.4. The monoisotopic (exact) mass is 1390 g/mol. The molecule has 0 aliphatic carbocycles. The standard InChI is InChI=1S/C42H30N3O2S.C37H20N3OS.Ir/c1-3-28(46-2)20-25-12-15-36-31(21-25)29-8-4-6-10-35(29)44(36)27-14-17-40-33(23-27)32-22-26(13-16-39(32)47-40)41-24-34-30-9-5-7-11-37(30)45-38(18-19-43-45)42(34)48-41;1-4-10-30-24(7-1)25-8-2-5-11-31(25)39(30)23-14-16-35-28(20-23)27-19-22(13-15-34(27)41-35)36-21-29-26-9-3-6-12-32(26)40-33(17-18-38-40)37(29)42-36;/h4-10,12-19,21-24,28H,3,20H2,1-2H3;1-11,13-21H;/q2*-1;. The summed E-state index contributed by atoms with van der Waals surface area (Å²) >= 11 is 3.62. The van der Waals surface area contributed by atoms with Gasteiger partial charge in [-0.05, 0) is 168 Å². The van der Waals surface area contributed by atoms with E-state index in [1.54, 1.807) is 7.11 Å². The number of aromatic nitrogens is 6. The van der Waals surface area contributed by atoms with Crippen molar-refractivity contribution in [2.24, 2.45) is 0 Å². The fraction of sp³-hybridized carbons (Fsp3) is 0.0633. The van der Waals surface area contributed by atoms with Crippen molar-refractivity contribution in [2.75, 3.05) is 7.11 Å². The number of fused-ring (bicyclic) bond motifs is 24. The predicted octanol–water partition coefficient (Wildman–Crippen LogP) is 21.3. The van der Waals surface area contributed by atoms with Crippen LogP contribution in [0.5, 0.6) is 0 Å². The average Bonchev–Trinajstić information content (AvgIpc) is 1.76. The SMILES string of the molecule is CCC(Cc1ccc2c(c1)c1ccccc1n2-c1ccc2oc3ccc(-c4cc5c6ccc[c-]c6n6nccc6c5s4)cc3c2c1)OC.[Ir].[c-]1cccc2c3cc(-c4ccc5oc6ccc(-n7c8ccccc8c8ccccc87)cc6c5c4)sc3c3ccnn3c12. The molecule has 0 N–H and O–H groups in total. The molecular weight excluding hydrogens is 1340 g/mol. The minimum Gasteiger partial charge on any atom is -0.456 e. The first-order valence-electron chi connectivity index (χ1n) is 30.4. The molecule has 0 amide bonds. The first kappa shape index (κ1) is 53.8. The summed E-state index contributed by atoms with van der Waals surface area (Å²) in [5, 5.41) is 23.5. The smallest absolute Gasteiger partial charge is 0.135 e. The van der Waals surface area contributed by atoms with E-state index < -0.39 is 0 Å². The third-order valence-corrected chi connectivity index (χ3v) is 20.9. The van der Waals surface area contributed by atoms with Crippen LogP contribution in [0.25, 0.3) is 173 Å². The second-order valence-electron chi connectivity index (χ2n) is 23.4. The van der Waals surface area contributed by atoms with E-state index >= 15 is 0 Å². The number of ether oxygens (including phenoxy) is 1. The second-order valence-corrected chi connectivity index (χ2v) is 25.5. The van der Waals surface area contributed by atoms with Crippen molar-refractivity contribution in [1.82, 2.24) is 28.4 Å². The van der Waals surface area contributed by atoms with Crippen molar-refractivity contribution >= 4 is 163 Å². The van der Waals surface area contributed by atoms with Gasteiger partial charge >= 0.3 is 0 Å². The molecule has 20 rings (SSSR count). The fourth-order valence-electron chi connectivity index (χ4n) is 14.2. The Bertz CT molecular complexity index is 6290. The van der Waals surface area contributed by atoms with Gasteiger partial charge in [-0.2, -0.15) is 58.7 Å². The van der Waals surface area contributed by atoms with E-state index in [1.165, 1.54) is 90.2 Å². The molecule has 10 heterocycles. The van der Waals surface area contributed by atoms with Crippen LogP contribution in [0.2, 0.25) is 0 Å². The molecule has 1 unspecified atom stereocenters. The van der Waals surface area contributed by atoms with Crippen LogP contribution < -0.4 is 0 Å². The minimum absolute atomic E-state index is 0. The van der Waals surface area contributed by atoms with Crippen molar-refractivity contribution in [3.8, 4) is 32.3 Å². The van der Waals surface area contributed by atoms with Gasteiger partial charge in [0.05, 0.1) is 39.2 Å². The Morgan fingerprint density at radius 2 is 0.857 bits per heavy atom. The topological polar surface area (TPSA) is 80.0 Å². The fourth-order valence-corrected chi connectivity index (χ4v) is 16.6. The summed E-state index contributed by atoms with van der Waals surface area (Å²) in [5.74, 6) is 0. The summed E-state index contributed by atoms with van der Waals surface area (Å²) in [7, 11) is 1.80. The molecule has 0 bridgehead atoms. The first-order valence-corrected chi connectivity index (χ1v) is 32.0. The van der Waals surface area contributed by atoms with Gasteiger partial charge in [0, 0.05) is 113 Å². The van der Waals surface area contributed by atoms with E-state index in [0.29, 0.717) is 0 Å². The van der Waals surface area contributed by atoms with Crippen LogP contribution in [-0.4, -0.2) is 41.6 Å². The molecule has 437 valence electrons. The summed E-state index contributed by atoms with van der Waals surface area (Å²) in [4.78, 5) is 2.44.